The first-order valence-electron chi connectivity index (χ1n) is 6.08. The summed E-state index contributed by atoms with van der Waals surface area (Å²) in [6, 6.07) is 7.94. The van der Waals surface area contributed by atoms with E-state index in [-0.39, 0.29) is 11.3 Å². The van der Waals surface area contributed by atoms with Crippen molar-refractivity contribution in [2.75, 3.05) is 6.54 Å². The van der Waals surface area contributed by atoms with E-state index in [1.54, 1.807) is 0 Å². The summed E-state index contributed by atoms with van der Waals surface area (Å²) in [6.45, 7) is 4.66. The summed E-state index contributed by atoms with van der Waals surface area (Å²) >= 11 is 6.04. The lowest BCUT2D eigenvalue weighted by atomic mass is 10.1. The van der Waals surface area contributed by atoms with Crippen LogP contribution >= 0.6 is 11.6 Å². The van der Waals surface area contributed by atoms with E-state index in [1.807, 2.05) is 31.2 Å². The average molecular weight is 254 g/mol. The van der Waals surface area contributed by atoms with Gasteiger partial charge < -0.3 is 5.32 Å². The molecule has 1 unspecified atom stereocenters. The molecule has 0 saturated heterocycles. The van der Waals surface area contributed by atoms with Gasteiger partial charge in [0.25, 0.3) is 0 Å². The molecule has 1 atom stereocenters. The SMILES string of the molecule is CCCC(Cl)CNC(=O)Cc1ccccc1C. The largest absolute Gasteiger partial charge is 0.354 e. The van der Waals surface area contributed by atoms with Gasteiger partial charge in [0.15, 0.2) is 0 Å². The van der Waals surface area contributed by atoms with Crippen LogP contribution in [0.5, 0.6) is 0 Å². The number of amides is 1. The third-order valence-electron chi connectivity index (χ3n) is 2.73. The van der Waals surface area contributed by atoms with Crippen LogP contribution in [-0.2, 0) is 11.2 Å². The van der Waals surface area contributed by atoms with Gasteiger partial charge in [-0.15, -0.1) is 11.6 Å². The zero-order valence-corrected chi connectivity index (χ0v) is 11.3. The Morgan fingerprint density at radius 1 is 1.41 bits per heavy atom. The second-order valence-electron chi connectivity index (χ2n) is 4.29. The van der Waals surface area contributed by atoms with E-state index in [0.29, 0.717) is 13.0 Å². The van der Waals surface area contributed by atoms with E-state index in [9.17, 15) is 4.79 Å². The predicted molar refractivity (Wildman–Crippen MR) is 72.4 cm³/mol. The molecule has 1 N–H and O–H groups in total. The van der Waals surface area contributed by atoms with Crippen molar-refractivity contribution >= 4 is 17.5 Å². The fourth-order valence-corrected chi connectivity index (χ4v) is 1.98. The second kappa shape index (κ2) is 7.33. The molecule has 1 aromatic rings. The Labute approximate surface area is 108 Å². The number of nitrogens with one attached hydrogen (secondary N) is 1. The predicted octanol–water partition coefficient (Wildman–Crippen LogP) is 3.06. The fourth-order valence-electron chi connectivity index (χ4n) is 1.68. The summed E-state index contributed by atoms with van der Waals surface area (Å²) in [5, 5.41) is 2.91. The summed E-state index contributed by atoms with van der Waals surface area (Å²) in [5.74, 6) is 0.0426. The Bertz CT molecular complexity index is 365. The van der Waals surface area contributed by atoms with Crippen LogP contribution in [-0.4, -0.2) is 17.8 Å². The number of carbonyl (C=O) groups is 1. The Balaban J connectivity index is 2.37. The van der Waals surface area contributed by atoms with Crippen molar-refractivity contribution in [3.05, 3.63) is 35.4 Å². The standard InChI is InChI=1S/C14H20ClNO/c1-3-6-13(15)10-16-14(17)9-12-8-5-4-7-11(12)2/h4-5,7-8,13H,3,6,9-10H2,1-2H3,(H,16,17). The highest BCUT2D eigenvalue weighted by molar-refractivity contribution is 6.20. The van der Waals surface area contributed by atoms with E-state index < -0.39 is 0 Å². The number of hydrogen-bond acceptors (Lipinski definition) is 1. The summed E-state index contributed by atoms with van der Waals surface area (Å²) in [7, 11) is 0. The first kappa shape index (κ1) is 14.0. The van der Waals surface area contributed by atoms with Gasteiger partial charge in [-0.25, -0.2) is 0 Å². The van der Waals surface area contributed by atoms with E-state index in [1.165, 1.54) is 0 Å². The van der Waals surface area contributed by atoms with Crippen molar-refractivity contribution in [1.82, 2.24) is 5.32 Å². The van der Waals surface area contributed by atoms with E-state index in [0.717, 1.165) is 24.0 Å². The van der Waals surface area contributed by atoms with Crippen LogP contribution in [0, 0.1) is 6.92 Å². The van der Waals surface area contributed by atoms with Gasteiger partial charge in [-0.3, -0.25) is 4.79 Å². The Hall–Kier alpha value is -1.02. The molecule has 0 aliphatic heterocycles. The van der Waals surface area contributed by atoms with Gasteiger partial charge in [0.1, 0.15) is 0 Å². The normalized spacial score (nSPS) is 12.2. The highest BCUT2D eigenvalue weighted by atomic mass is 35.5. The summed E-state index contributed by atoms with van der Waals surface area (Å²) in [4.78, 5) is 11.7. The maximum Gasteiger partial charge on any atom is 0.224 e. The topological polar surface area (TPSA) is 29.1 Å². The quantitative estimate of drug-likeness (QED) is 0.776. The van der Waals surface area contributed by atoms with Gasteiger partial charge in [0.05, 0.1) is 11.8 Å². The molecule has 0 bridgehead atoms. The van der Waals surface area contributed by atoms with E-state index in [4.69, 9.17) is 11.6 Å². The lowest BCUT2D eigenvalue weighted by Gasteiger charge is -2.10. The minimum atomic E-state index is 0.0424. The van der Waals surface area contributed by atoms with Crippen molar-refractivity contribution in [3.8, 4) is 0 Å². The molecule has 0 aliphatic carbocycles. The zero-order valence-electron chi connectivity index (χ0n) is 10.5. The van der Waals surface area contributed by atoms with Gasteiger partial charge >= 0.3 is 0 Å². The van der Waals surface area contributed by atoms with Gasteiger partial charge in [-0.2, -0.15) is 0 Å². The molecule has 0 radical (unpaired) electrons. The minimum absolute atomic E-state index is 0.0424. The molecule has 94 valence electrons. The van der Waals surface area contributed by atoms with Gasteiger partial charge in [-0.1, -0.05) is 37.6 Å². The Morgan fingerprint density at radius 2 is 2.12 bits per heavy atom. The van der Waals surface area contributed by atoms with Gasteiger partial charge in [0.2, 0.25) is 5.91 Å². The fraction of sp³-hybridized carbons (Fsp3) is 0.500. The molecule has 1 aromatic carbocycles. The van der Waals surface area contributed by atoms with Crippen LogP contribution in [0.4, 0.5) is 0 Å². The average Bonchev–Trinajstić information content (AvgIpc) is 2.30. The molecule has 1 amide bonds. The third-order valence-corrected chi connectivity index (χ3v) is 3.11. The number of benzene rings is 1. The summed E-state index contributed by atoms with van der Waals surface area (Å²) in [5.41, 5.74) is 2.23. The highest BCUT2D eigenvalue weighted by Crippen LogP contribution is 2.08. The molecule has 0 aliphatic rings. The van der Waals surface area contributed by atoms with Crippen LogP contribution in [0.15, 0.2) is 24.3 Å². The maximum atomic E-state index is 11.7. The first-order valence-corrected chi connectivity index (χ1v) is 6.52. The first-order chi connectivity index (χ1) is 8.13. The van der Waals surface area contributed by atoms with Crippen LogP contribution in [0.25, 0.3) is 0 Å². The second-order valence-corrected chi connectivity index (χ2v) is 4.91. The molecule has 0 aromatic heterocycles. The van der Waals surface area contributed by atoms with Crippen LogP contribution in [0.2, 0.25) is 0 Å². The van der Waals surface area contributed by atoms with Crippen molar-refractivity contribution < 1.29 is 4.79 Å². The smallest absolute Gasteiger partial charge is 0.224 e. The van der Waals surface area contributed by atoms with Crippen LogP contribution in [0.1, 0.15) is 30.9 Å². The maximum absolute atomic E-state index is 11.7. The van der Waals surface area contributed by atoms with E-state index in [2.05, 4.69) is 12.2 Å². The van der Waals surface area contributed by atoms with Gasteiger partial charge in [0, 0.05) is 6.54 Å². The van der Waals surface area contributed by atoms with Crippen molar-refractivity contribution in [1.29, 1.82) is 0 Å². The van der Waals surface area contributed by atoms with E-state index >= 15 is 0 Å². The molecule has 2 nitrogen and oxygen atoms in total. The highest BCUT2D eigenvalue weighted by Gasteiger charge is 2.08. The number of rotatable bonds is 6. The van der Waals surface area contributed by atoms with Crippen molar-refractivity contribution in [2.45, 2.75) is 38.5 Å². The lowest BCUT2D eigenvalue weighted by Crippen LogP contribution is -2.31. The number of carbonyl (C=O) groups excluding carboxylic acids is 1. The molecular formula is C14H20ClNO. The number of hydrogen-bond donors (Lipinski definition) is 1. The summed E-state index contributed by atoms with van der Waals surface area (Å²) < 4.78 is 0. The molecule has 0 saturated carbocycles. The monoisotopic (exact) mass is 253 g/mol. The zero-order chi connectivity index (χ0) is 12.7. The lowest BCUT2D eigenvalue weighted by molar-refractivity contribution is -0.120. The molecule has 17 heavy (non-hydrogen) atoms. The molecule has 3 heteroatoms. The van der Waals surface area contributed by atoms with Crippen molar-refractivity contribution in [2.24, 2.45) is 0 Å². The van der Waals surface area contributed by atoms with Gasteiger partial charge in [-0.05, 0) is 24.5 Å². The molecule has 0 spiro atoms. The van der Waals surface area contributed by atoms with Crippen LogP contribution in [0.3, 0.4) is 0 Å². The number of halogens is 1. The van der Waals surface area contributed by atoms with Crippen LogP contribution < -0.4 is 5.32 Å². The molecule has 1 rings (SSSR count). The number of alkyl halides is 1. The summed E-state index contributed by atoms with van der Waals surface area (Å²) in [6.07, 6.45) is 2.41. The molecule has 0 heterocycles. The third kappa shape index (κ3) is 5.22. The Morgan fingerprint density at radius 3 is 2.76 bits per heavy atom. The minimum Gasteiger partial charge on any atom is -0.354 e. The molecular weight excluding hydrogens is 234 g/mol. The Kier molecular flexibility index (Phi) is 6.06. The molecule has 0 fully saturated rings. The number of aryl methyl sites for hydroxylation is 1. The van der Waals surface area contributed by atoms with Crippen molar-refractivity contribution in [3.63, 3.8) is 0 Å².